The van der Waals surface area contributed by atoms with E-state index in [9.17, 15) is 4.79 Å². The van der Waals surface area contributed by atoms with Gasteiger partial charge in [0.05, 0.1) is 5.60 Å². The van der Waals surface area contributed by atoms with Crippen molar-refractivity contribution in [2.24, 2.45) is 17.6 Å². The minimum Gasteiger partial charge on any atom is -0.375 e. The fourth-order valence-corrected chi connectivity index (χ4v) is 4.63. The van der Waals surface area contributed by atoms with Crippen LogP contribution in [0.15, 0.2) is 0 Å². The average molecular weight is 279 g/mol. The lowest BCUT2D eigenvalue weighted by Crippen LogP contribution is -2.45. The highest BCUT2D eigenvalue weighted by Gasteiger charge is 2.42. The maximum atomic E-state index is 12.8. The molecular formula is C17H29NO2. The van der Waals surface area contributed by atoms with Crippen molar-refractivity contribution in [3.63, 3.8) is 0 Å². The molecule has 3 fully saturated rings. The Balaban J connectivity index is 1.62. The van der Waals surface area contributed by atoms with E-state index in [1.165, 1.54) is 32.1 Å². The van der Waals surface area contributed by atoms with Gasteiger partial charge in [0.2, 0.25) is 0 Å². The van der Waals surface area contributed by atoms with Crippen LogP contribution >= 0.6 is 0 Å². The number of hydrogen-bond acceptors (Lipinski definition) is 3. The molecule has 0 bridgehead atoms. The van der Waals surface area contributed by atoms with E-state index in [0.717, 1.165) is 45.1 Å². The summed E-state index contributed by atoms with van der Waals surface area (Å²) in [5, 5.41) is 0. The molecule has 1 saturated heterocycles. The van der Waals surface area contributed by atoms with Gasteiger partial charge in [-0.1, -0.05) is 25.7 Å². The lowest BCUT2D eigenvalue weighted by atomic mass is 9.71. The van der Waals surface area contributed by atoms with Crippen molar-refractivity contribution in [2.75, 3.05) is 6.61 Å². The van der Waals surface area contributed by atoms with Gasteiger partial charge in [0.1, 0.15) is 5.78 Å². The molecule has 1 spiro atoms. The summed E-state index contributed by atoms with van der Waals surface area (Å²) in [4.78, 5) is 12.8. The normalized spacial score (nSPS) is 37.8. The number of ether oxygens (including phenoxy) is 1. The monoisotopic (exact) mass is 279 g/mol. The second kappa shape index (κ2) is 6.15. The second-order valence-electron chi connectivity index (χ2n) is 7.31. The van der Waals surface area contributed by atoms with Crippen molar-refractivity contribution in [1.82, 2.24) is 0 Å². The fraction of sp³-hybridized carbons (Fsp3) is 0.941. The van der Waals surface area contributed by atoms with E-state index in [1.54, 1.807) is 0 Å². The largest absolute Gasteiger partial charge is 0.375 e. The number of carbonyl (C=O) groups is 1. The van der Waals surface area contributed by atoms with Gasteiger partial charge >= 0.3 is 0 Å². The first kappa shape index (κ1) is 14.5. The Labute approximate surface area is 122 Å². The van der Waals surface area contributed by atoms with Crippen molar-refractivity contribution >= 4 is 5.78 Å². The van der Waals surface area contributed by atoms with Crippen LogP contribution in [0.25, 0.3) is 0 Å². The van der Waals surface area contributed by atoms with E-state index in [2.05, 4.69) is 0 Å². The summed E-state index contributed by atoms with van der Waals surface area (Å²) >= 11 is 0. The maximum Gasteiger partial charge on any atom is 0.139 e. The molecule has 3 nitrogen and oxygen atoms in total. The van der Waals surface area contributed by atoms with Crippen molar-refractivity contribution < 1.29 is 9.53 Å². The summed E-state index contributed by atoms with van der Waals surface area (Å²) < 4.78 is 6.12. The first-order chi connectivity index (χ1) is 9.69. The molecular weight excluding hydrogens is 250 g/mol. The van der Waals surface area contributed by atoms with Gasteiger partial charge in [0.15, 0.2) is 0 Å². The number of ketones is 1. The molecule has 3 atom stereocenters. The van der Waals surface area contributed by atoms with Crippen LogP contribution in [0, 0.1) is 11.8 Å². The van der Waals surface area contributed by atoms with E-state index in [-0.39, 0.29) is 23.5 Å². The van der Waals surface area contributed by atoms with Crippen molar-refractivity contribution in [2.45, 2.75) is 82.3 Å². The summed E-state index contributed by atoms with van der Waals surface area (Å²) in [6.45, 7) is 0.787. The quantitative estimate of drug-likeness (QED) is 0.844. The molecule has 0 amide bonds. The van der Waals surface area contributed by atoms with Gasteiger partial charge in [0.25, 0.3) is 0 Å². The molecule has 2 aliphatic carbocycles. The molecule has 0 radical (unpaired) electrons. The van der Waals surface area contributed by atoms with Gasteiger partial charge in [-0.2, -0.15) is 0 Å². The summed E-state index contributed by atoms with van der Waals surface area (Å²) in [6, 6.07) is 0.251. The third-order valence-corrected chi connectivity index (χ3v) is 5.78. The number of nitrogens with two attached hydrogens (primary N) is 1. The van der Waals surface area contributed by atoms with Crippen molar-refractivity contribution in [3.05, 3.63) is 0 Å². The minimum absolute atomic E-state index is 0.0492. The molecule has 3 unspecified atom stereocenters. The molecule has 3 rings (SSSR count). The topological polar surface area (TPSA) is 52.3 Å². The molecule has 1 heterocycles. The first-order valence-electron chi connectivity index (χ1n) is 8.62. The molecule has 0 aromatic heterocycles. The molecule has 3 heteroatoms. The average Bonchev–Trinajstić information content (AvgIpc) is 2.47. The van der Waals surface area contributed by atoms with Gasteiger partial charge in [0, 0.05) is 24.5 Å². The van der Waals surface area contributed by atoms with Gasteiger partial charge in [-0.25, -0.2) is 0 Å². The van der Waals surface area contributed by atoms with Crippen LogP contribution < -0.4 is 5.73 Å². The van der Waals surface area contributed by atoms with E-state index < -0.39 is 0 Å². The maximum absolute atomic E-state index is 12.8. The first-order valence-corrected chi connectivity index (χ1v) is 8.62. The zero-order valence-corrected chi connectivity index (χ0v) is 12.6. The standard InChI is InChI=1S/C17H29NO2/c18-15-6-4-5-13(11-15)16(19)14-7-10-20-17(12-14)8-2-1-3-9-17/h13-15H,1-12,18H2. The van der Waals surface area contributed by atoms with Crippen molar-refractivity contribution in [3.8, 4) is 0 Å². The molecule has 0 aromatic carbocycles. The zero-order valence-electron chi connectivity index (χ0n) is 12.6. The highest BCUT2D eigenvalue weighted by molar-refractivity contribution is 5.83. The van der Waals surface area contributed by atoms with Gasteiger partial charge in [-0.15, -0.1) is 0 Å². The van der Waals surface area contributed by atoms with Crippen LogP contribution in [0.5, 0.6) is 0 Å². The van der Waals surface area contributed by atoms with E-state index in [0.29, 0.717) is 5.78 Å². The van der Waals surface area contributed by atoms with Gasteiger partial charge in [-0.05, 0) is 44.9 Å². The number of carbonyl (C=O) groups excluding carboxylic acids is 1. The van der Waals surface area contributed by atoms with Crippen LogP contribution in [0.3, 0.4) is 0 Å². The molecule has 20 heavy (non-hydrogen) atoms. The second-order valence-corrected chi connectivity index (χ2v) is 7.31. The summed E-state index contributed by atoms with van der Waals surface area (Å²) in [6.07, 6.45) is 12.4. The molecule has 2 saturated carbocycles. The summed E-state index contributed by atoms with van der Waals surface area (Å²) in [7, 11) is 0. The molecule has 114 valence electrons. The fourth-order valence-electron chi connectivity index (χ4n) is 4.63. The van der Waals surface area contributed by atoms with Gasteiger partial charge < -0.3 is 10.5 Å². The van der Waals surface area contributed by atoms with Crippen LogP contribution in [0.2, 0.25) is 0 Å². The SMILES string of the molecule is NC1CCCC(C(=O)C2CCOC3(CCCCC3)C2)C1. The predicted octanol–water partition coefficient (Wildman–Crippen LogP) is 3.20. The van der Waals surface area contributed by atoms with E-state index >= 15 is 0 Å². The number of Topliss-reactive ketones (excluding diaryl/α,β-unsaturated/α-hetero) is 1. The minimum atomic E-state index is 0.0492. The smallest absolute Gasteiger partial charge is 0.139 e. The predicted molar refractivity (Wildman–Crippen MR) is 79.4 cm³/mol. The zero-order chi connectivity index (χ0) is 14.0. The lowest BCUT2D eigenvalue weighted by molar-refractivity contribution is -0.146. The van der Waals surface area contributed by atoms with Crippen LogP contribution in [0.1, 0.15) is 70.6 Å². The van der Waals surface area contributed by atoms with Crippen LogP contribution in [-0.2, 0) is 9.53 Å². The summed E-state index contributed by atoms with van der Waals surface area (Å²) in [5.41, 5.74) is 6.10. The van der Waals surface area contributed by atoms with E-state index in [4.69, 9.17) is 10.5 Å². The number of hydrogen-bond donors (Lipinski definition) is 1. The number of rotatable bonds is 2. The molecule has 2 N–H and O–H groups in total. The molecule has 0 aromatic rings. The summed E-state index contributed by atoms with van der Waals surface area (Å²) in [5.74, 6) is 0.994. The highest BCUT2D eigenvalue weighted by Crippen LogP contribution is 2.42. The Morgan fingerprint density at radius 2 is 1.80 bits per heavy atom. The Kier molecular flexibility index (Phi) is 4.46. The molecule has 3 aliphatic rings. The Morgan fingerprint density at radius 1 is 1.00 bits per heavy atom. The van der Waals surface area contributed by atoms with Gasteiger partial charge in [-0.3, -0.25) is 4.79 Å². The van der Waals surface area contributed by atoms with E-state index in [1.807, 2.05) is 0 Å². The Morgan fingerprint density at radius 3 is 2.55 bits per heavy atom. The van der Waals surface area contributed by atoms with Crippen molar-refractivity contribution in [1.29, 1.82) is 0 Å². The highest BCUT2D eigenvalue weighted by atomic mass is 16.5. The molecule has 1 aliphatic heterocycles. The third-order valence-electron chi connectivity index (χ3n) is 5.78. The van der Waals surface area contributed by atoms with Crippen LogP contribution in [0.4, 0.5) is 0 Å². The Bertz CT molecular complexity index is 343. The third kappa shape index (κ3) is 3.09. The Hall–Kier alpha value is -0.410. The lowest BCUT2D eigenvalue weighted by Gasteiger charge is -2.44. The van der Waals surface area contributed by atoms with Crippen LogP contribution in [-0.4, -0.2) is 24.0 Å².